The summed E-state index contributed by atoms with van der Waals surface area (Å²) in [6.45, 7) is 2.82. The van der Waals surface area contributed by atoms with E-state index >= 15 is 0 Å². The van der Waals surface area contributed by atoms with Gasteiger partial charge in [0.25, 0.3) is 5.91 Å². The van der Waals surface area contributed by atoms with Crippen molar-refractivity contribution in [2.45, 2.75) is 6.92 Å². The molecule has 1 aromatic rings. The third-order valence-electron chi connectivity index (χ3n) is 2.39. The maximum atomic E-state index is 12.1. The maximum absolute atomic E-state index is 12.1. The van der Waals surface area contributed by atoms with Crippen molar-refractivity contribution < 1.29 is 15.0 Å². The zero-order valence-electron chi connectivity index (χ0n) is 10.5. The first kappa shape index (κ1) is 14.4. The summed E-state index contributed by atoms with van der Waals surface area (Å²) in [5.41, 5.74) is 1.12. The molecule has 1 aromatic heterocycles. The van der Waals surface area contributed by atoms with Crippen molar-refractivity contribution in [3.05, 3.63) is 24.0 Å². The van der Waals surface area contributed by atoms with E-state index in [1.54, 1.807) is 18.3 Å². The number of aliphatic hydroxyl groups is 2. The minimum absolute atomic E-state index is 0.140. The molecule has 18 heavy (non-hydrogen) atoms. The summed E-state index contributed by atoms with van der Waals surface area (Å²) in [6, 6.07) is 3.44. The highest BCUT2D eigenvalue weighted by Crippen LogP contribution is 2.09. The number of hydrogen-bond acceptors (Lipinski definition) is 5. The lowest BCUT2D eigenvalue weighted by Crippen LogP contribution is -2.36. The normalized spacial score (nSPS) is 10.2. The number of pyridine rings is 1. The van der Waals surface area contributed by atoms with Gasteiger partial charge in [-0.05, 0) is 19.1 Å². The highest BCUT2D eigenvalue weighted by Gasteiger charge is 2.16. The van der Waals surface area contributed by atoms with Crippen LogP contribution in [0.1, 0.15) is 17.4 Å². The minimum Gasteiger partial charge on any atom is -0.395 e. The zero-order valence-corrected chi connectivity index (χ0v) is 10.5. The van der Waals surface area contributed by atoms with E-state index in [4.69, 9.17) is 10.2 Å². The van der Waals surface area contributed by atoms with Gasteiger partial charge in [0.2, 0.25) is 0 Å². The summed E-state index contributed by atoms with van der Waals surface area (Å²) in [4.78, 5) is 17.5. The summed E-state index contributed by atoms with van der Waals surface area (Å²) >= 11 is 0. The molecule has 100 valence electrons. The molecule has 0 saturated carbocycles. The number of hydrogen-bond donors (Lipinski definition) is 3. The number of carbonyl (C=O) groups is 1. The molecule has 0 atom stereocenters. The number of nitrogens with one attached hydrogen (secondary N) is 1. The van der Waals surface area contributed by atoms with Crippen molar-refractivity contribution in [2.75, 3.05) is 38.2 Å². The lowest BCUT2D eigenvalue weighted by molar-refractivity contribution is 0.0679. The fourth-order valence-electron chi connectivity index (χ4n) is 1.58. The third-order valence-corrected chi connectivity index (χ3v) is 2.39. The molecule has 0 aliphatic rings. The van der Waals surface area contributed by atoms with Crippen LogP contribution in [-0.2, 0) is 0 Å². The number of aromatic nitrogens is 1. The van der Waals surface area contributed by atoms with Crippen molar-refractivity contribution in [3.63, 3.8) is 0 Å². The fraction of sp³-hybridized carbons (Fsp3) is 0.500. The standard InChI is InChI=1S/C12H19N3O3/c1-2-13-10-3-4-14-11(9-10)12(18)15(5-7-16)6-8-17/h3-4,9,16-17H,2,5-8H2,1H3,(H,13,14). The van der Waals surface area contributed by atoms with Crippen LogP contribution in [-0.4, -0.2) is 58.9 Å². The molecule has 1 rings (SSSR count). The van der Waals surface area contributed by atoms with Crippen LogP contribution in [0.4, 0.5) is 5.69 Å². The van der Waals surface area contributed by atoms with Gasteiger partial charge in [0.1, 0.15) is 5.69 Å². The Kier molecular flexibility index (Phi) is 6.10. The van der Waals surface area contributed by atoms with Gasteiger partial charge < -0.3 is 20.4 Å². The Bertz CT molecular complexity index is 379. The van der Waals surface area contributed by atoms with E-state index in [0.717, 1.165) is 12.2 Å². The fourth-order valence-corrected chi connectivity index (χ4v) is 1.58. The first-order valence-electron chi connectivity index (χ1n) is 5.93. The average Bonchev–Trinajstić information content (AvgIpc) is 2.38. The molecule has 0 saturated heterocycles. The SMILES string of the molecule is CCNc1ccnc(C(=O)N(CCO)CCO)c1. The van der Waals surface area contributed by atoms with Gasteiger partial charge in [-0.15, -0.1) is 0 Å². The second-order valence-electron chi connectivity index (χ2n) is 3.70. The minimum atomic E-state index is -0.294. The van der Waals surface area contributed by atoms with E-state index in [1.807, 2.05) is 6.92 Å². The highest BCUT2D eigenvalue weighted by molar-refractivity contribution is 5.93. The van der Waals surface area contributed by atoms with Gasteiger partial charge in [0.15, 0.2) is 0 Å². The first-order chi connectivity index (χ1) is 8.72. The largest absolute Gasteiger partial charge is 0.395 e. The molecule has 0 bridgehead atoms. The molecule has 1 amide bonds. The van der Waals surface area contributed by atoms with Crippen LogP contribution in [0.2, 0.25) is 0 Å². The maximum Gasteiger partial charge on any atom is 0.272 e. The molecule has 0 spiro atoms. The predicted molar refractivity (Wildman–Crippen MR) is 68.5 cm³/mol. The summed E-state index contributed by atoms with van der Waals surface area (Å²) < 4.78 is 0. The first-order valence-corrected chi connectivity index (χ1v) is 5.93. The van der Waals surface area contributed by atoms with Gasteiger partial charge in [-0.25, -0.2) is 0 Å². The molecule has 1 heterocycles. The van der Waals surface area contributed by atoms with Crippen LogP contribution < -0.4 is 5.32 Å². The topological polar surface area (TPSA) is 85.7 Å². The van der Waals surface area contributed by atoms with Crippen molar-refractivity contribution in [1.82, 2.24) is 9.88 Å². The van der Waals surface area contributed by atoms with Crippen molar-refractivity contribution in [2.24, 2.45) is 0 Å². The van der Waals surface area contributed by atoms with E-state index in [0.29, 0.717) is 5.69 Å². The number of anilines is 1. The third kappa shape index (κ3) is 3.97. The highest BCUT2D eigenvalue weighted by atomic mass is 16.3. The van der Waals surface area contributed by atoms with E-state index < -0.39 is 0 Å². The van der Waals surface area contributed by atoms with E-state index in [2.05, 4.69) is 10.3 Å². The summed E-state index contributed by atoms with van der Waals surface area (Å²) in [7, 11) is 0. The zero-order chi connectivity index (χ0) is 13.4. The van der Waals surface area contributed by atoms with Crippen molar-refractivity contribution in [3.8, 4) is 0 Å². The summed E-state index contributed by atoms with van der Waals surface area (Å²) in [6.07, 6.45) is 1.56. The van der Waals surface area contributed by atoms with Gasteiger partial charge >= 0.3 is 0 Å². The van der Waals surface area contributed by atoms with Crippen molar-refractivity contribution >= 4 is 11.6 Å². The summed E-state index contributed by atoms with van der Waals surface area (Å²) in [5.74, 6) is -0.294. The van der Waals surface area contributed by atoms with Gasteiger partial charge in [-0.1, -0.05) is 0 Å². The molecule has 0 fully saturated rings. The van der Waals surface area contributed by atoms with E-state index in [9.17, 15) is 4.79 Å². The van der Waals surface area contributed by atoms with Gasteiger partial charge in [0, 0.05) is 31.5 Å². The summed E-state index contributed by atoms with van der Waals surface area (Å²) in [5, 5.41) is 20.9. The van der Waals surface area contributed by atoms with Crippen LogP contribution in [0.5, 0.6) is 0 Å². The Morgan fingerprint density at radius 3 is 2.61 bits per heavy atom. The van der Waals surface area contributed by atoms with Crippen LogP contribution >= 0.6 is 0 Å². The number of aliphatic hydroxyl groups excluding tert-OH is 2. The Morgan fingerprint density at radius 2 is 2.06 bits per heavy atom. The number of nitrogens with zero attached hydrogens (tertiary/aromatic N) is 2. The number of carbonyl (C=O) groups excluding carboxylic acids is 1. The molecule has 3 N–H and O–H groups in total. The Balaban J connectivity index is 2.82. The van der Waals surface area contributed by atoms with E-state index in [-0.39, 0.29) is 32.2 Å². The Hall–Kier alpha value is -1.66. The van der Waals surface area contributed by atoms with Crippen LogP contribution in [0.3, 0.4) is 0 Å². The van der Waals surface area contributed by atoms with Crippen LogP contribution in [0, 0.1) is 0 Å². The van der Waals surface area contributed by atoms with Crippen molar-refractivity contribution in [1.29, 1.82) is 0 Å². The molecule has 0 aliphatic heterocycles. The Labute approximate surface area is 106 Å². The van der Waals surface area contributed by atoms with Crippen LogP contribution in [0.25, 0.3) is 0 Å². The molecule has 6 nitrogen and oxygen atoms in total. The van der Waals surface area contributed by atoms with Crippen LogP contribution in [0.15, 0.2) is 18.3 Å². The van der Waals surface area contributed by atoms with E-state index in [1.165, 1.54) is 4.90 Å². The quantitative estimate of drug-likeness (QED) is 0.634. The molecule has 0 aliphatic carbocycles. The van der Waals surface area contributed by atoms with Gasteiger partial charge in [-0.3, -0.25) is 9.78 Å². The lowest BCUT2D eigenvalue weighted by atomic mass is 10.2. The van der Waals surface area contributed by atoms with Gasteiger partial charge in [0.05, 0.1) is 13.2 Å². The van der Waals surface area contributed by atoms with Gasteiger partial charge in [-0.2, -0.15) is 0 Å². The average molecular weight is 253 g/mol. The second kappa shape index (κ2) is 7.62. The number of rotatable bonds is 7. The molecule has 0 radical (unpaired) electrons. The number of amides is 1. The lowest BCUT2D eigenvalue weighted by Gasteiger charge is -2.20. The molecule has 6 heteroatoms. The molecule has 0 aromatic carbocycles. The molecular weight excluding hydrogens is 234 g/mol. The molecular formula is C12H19N3O3. The predicted octanol–water partition coefficient (Wildman–Crippen LogP) is -0.0598. The second-order valence-corrected chi connectivity index (χ2v) is 3.70. The molecule has 0 unspecified atom stereocenters. The smallest absolute Gasteiger partial charge is 0.272 e. The monoisotopic (exact) mass is 253 g/mol. The Morgan fingerprint density at radius 1 is 1.39 bits per heavy atom.